The third kappa shape index (κ3) is 4.17. The quantitative estimate of drug-likeness (QED) is 0.286. The van der Waals surface area contributed by atoms with Crippen molar-refractivity contribution in [1.29, 1.82) is 0 Å². The summed E-state index contributed by atoms with van der Waals surface area (Å²) in [5.74, 6) is -0.0442. The lowest BCUT2D eigenvalue weighted by Crippen LogP contribution is -2.25. The maximum absolute atomic E-state index is 14.6. The van der Waals surface area contributed by atoms with E-state index in [0.29, 0.717) is 30.4 Å². The maximum Gasteiger partial charge on any atom is 0.339 e. The molecule has 41 heavy (non-hydrogen) atoms. The lowest BCUT2D eigenvalue weighted by atomic mass is 9.77. The van der Waals surface area contributed by atoms with Gasteiger partial charge in [0.05, 0.1) is 29.3 Å². The Balaban J connectivity index is 1.33. The van der Waals surface area contributed by atoms with Gasteiger partial charge < -0.3 is 18.2 Å². The Morgan fingerprint density at radius 2 is 1.49 bits per heavy atom. The van der Waals surface area contributed by atoms with Gasteiger partial charge in [-0.3, -0.25) is 0 Å². The van der Waals surface area contributed by atoms with Crippen molar-refractivity contribution in [3.8, 4) is 5.75 Å². The van der Waals surface area contributed by atoms with Crippen molar-refractivity contribution in [3.63, 3.8) is 0 Å². The van der Waals surface area contributed by atoms with E-state index in [2.05, 4.69) is 0 Å². The van der Waals surface area contributed by atoms with Gasteiger partial charge in [0.1, 0.15) is 20.8 Å². The average molecular weight is 596 g/mol. The summed E-state index contributed by atoms with van der Waals surface area (Å²) in [7, 11) is -9.08. The third-order valence-electron chi connectivity index (χ3n) is 9.97. The van der Waals surface area contributed by atoms with Crippen LogP contribution < -0.4 is 4.18 Å². The molecule has 0 aromatic heterocycles. The molecule has 0 saturated carbocycles. The summed E-state index contributed by atoms with van der Waals surface area (Å²) >= 11 is 0. The van der Waals surface area contributed by atoms with Gasteiger partial charge in [-0.2, -0.15) is 8.42 Å². The van der Waals surface area contributed by atoms with Crippen LogP contribution in [-0.2, 0) is 42.6 Å². The average Bonchev–Trinajstić information content (AvgIpc) is 3.78. The minimum Gasteiger partial charge on any atom is -0.744 e. The van der Waals surface area contributed by atoms with Crippen LogP contribution in [0.25, 0.3) is 10.8 Å². The first-order valence-corrected chi connectivity index (χ1v) is 17.4. The van der Waals surface area contributed by atoms with Crippen LogP contribution in [0.1, 0.15) is 79.0 Å². The minimum absolute atomic E-state index is 0.0370. The fraction of sp³-hybridized carbons (Fsp3) is 0.484. The number of hydrogen-bond donors (Lipinski definition) is 0. The van der Waals surface area contributed by atoms with Crippen molar-refractivity contribution in [3.05, 3.63) is 64.7 Å². The zero-order valence-corrected chi connectivity index (χ0v) is 24.1. The summed E-state index contributed by atoms with van der Waals surface area (Å²) in [4.78, 5) is -0.0779. The van der Waals surface area contributed by atoms with Gasteiger partial charge in [0.25, 0.3) is 0 Å². The summed E-state index contributed by atoms with van der Waals surface area (Å²) in [6.45, 7) is 0. The molecule has 4 heterocycles. The van der Waals surface area contributed by atoms with E-state index in [-0.39, 0.29) is 51.8 Å². The van der Waals surface area contributed by atoms with Crippen LogP contribution in [0.5, 0.6) is 5.75 Å². The van der Waals surface area contributed by atoms with Gasteiger partial charge in [-0.25, -0.2) is 8.42 Å². The molecule has 1 aliphatic carbocycles. The van der Waals surface area contributed by atoms with E-state index in [1.807, 2.05) is 30.3 Å². The second kappa shape index (κ2) is 9.25. The summed E-state index contributed by atoms with van der Waals surface area (Å²) in [5, 5.41) is 1.88. The Kier molecular flexibility index (Phi) is 5.90. The van der Waals surface area contributed by atoms with Gasteiger partial charge in [0, 0.05) is 17.4 Å². The van der Waals surface area contributed by atoms with E-state index in [1.54, 1.807) is 0 Å². The highest BCUT2D eigenvalue weighted by Crippen LogP contribution is 2.53. The summed E-state index contributed by atoms with van der Waals surface area (Å²) < 4.78 is 83.4. The van der Waals surface area contributed by atoms with Crippen LogP contribution in [-0.4, -0.2) is 45.8 Å². The molecule has 5 aliphatic rings. The summed E-state index contributed by atoms with van der Waals surface area (Å²) in [5.41, 5.74) is 2.36. The van der Waals surface area contributed by atoms with Crippen molar-refractivity contribution < 1.29 is 35.0 Å². The number of rotatable bonds is 6. The highest BCUT2D eigenvalue weighted by molar-refractivity contribution is 7.87. The number of hydrogen-bond acceptors (Lipinski definition) is 8. The molecule has 216 valence electrons. The molecule has 0 radical (unpaired) electrons. The van der Waals surface area contributed by atoms with Crippen LogP contribution >= 0.6 is 0 Å². The lowest BCUT2D eigenvalue weighted by molar-refractivity contribution is 0.0999. The molecule has 3 aromatic carbocycles. The van der Waals surface area contributed by atoms with E-state index >= 15 is 0 Å². The van der Waals surface area contributed by atoms with Crippen LogP contribution in [0.4, 0.5) is 0 Å². The van der Waals surface area contributed by atoms with Crippen molar-refractivity contribution in [2.75, 3.05) is 0 Å². The molecule has 3 aromatic rings. The van der Waals surface area contributed by atoms with Gasteiger partial charge in [0.15, 0.2) is 0 Å². The topological polar surface area (TPSA) is 119 Å². The molecule has 0 amide bonds. The molecule has 4 fully saturated rings. The van der Waals surface area contributed by atoms with Crippen LogP contribution in [0.15, 0.2) is 52.3 Å². The maximum atomic E-state index is 14.6. The highest BCUT2D eigenvalue weighted by Gasteiger charge is 2.48. The van der Waals surface area contributed by atoms with E-state index in [9.17, 15) is 21.4 Å². The van der Waals surface area contributed by atoms with E-state index in [0.717, 1.165) is 60.4 Å². The Hall–Kier alpha value is -2.50. The molecule has 10 heteroatoms. The molecule has 4 aliphatic heterocycles. The first-order valence-electron chi connectivity index (χ1n) is 14.6. The number of benzene rings is 3. The SMILES string of the molecule is O=S(=O)([O-])c1ccc(OS(=O)(=O)c2c(C3CC4CCC3O4)cc3ccccc3c2C2CC3CCC2O3)c2c1CCC2. The number of fused-ring (bicyclic) bond motifs is 6. The predicted molar refractivity (Wildman–Crippen MR) is 149 cm³/mol. The molecule has 0 spiro atoms. The summed E-state index contributed by atoms with van der Waals surface area (Å²) in [6.07, 6.45) is 6.92. The van der Waals surface area contributed by atoms with Crippen LogP contribution in [0.3, 0.4) is 0 Å². The molecule has 6 unspecified atom stereocenters. The second-order valence-corrected chi connectivity index (χ2v) is 15.1. The molecular formula is C31H31O8S2-. The standard InChI is InChI=1S/C31H32O8S2/c32-40(33,34)29-13-12-28(21-6-3-7-22(21)29)39-41(35,36)31-24(23-15-18-8-10-26(23)37-18)14-17-4-1-2-5-20(17)30(31)25-16-19-9-11-27(25)38-19/h1-2,4-5,12-14,18-19,23,25-27H,3,6-11,15-16H2,(H,32,33,34)/p-1. The first kappa shape index (κ1) is 26.2. The second-order valence-electron chi connectivity index (χ2n) is 12.2. The Morgan fingerprint density at radius 3 is 2.15 bits per heavy atom. The normalized spacial score (nSPS) is 30.4. The van der Waals surface area contributed by atoms with Crippen molar-refractivity contribution in [2.24, 2.45) is 0 Å². The van der Waals surface area contributed by atoms with Gasteiger partial charge >= 0.3 is 10.1 Å². The minimum atomic E-state index is -4.69. The largest absolute Gasteiger partial charge is 0.744 e. The van der Waals surface area contributed by atoms with Gasteiger partial charge in [-0.1, -0.05) is 24.3 Å². The molecule has 8 rings (SSSR count). The lowest BCUT2D eigenvalue weighted by Gasteiger charge is -2.29. The Morgan fingerprint density at radius 1 is 0.805 bits per heavy atom. The molecule has 0 N–H and O–H groups in total. The van der Waals surface area contributed by atoms with Gasteiger partial charge in [-0.15, -0.1) is 0 Å². The Labute approximate surface area is 239 Å². The highest BCUT2D eigenvalue weighted by atomic mass is 32.2. The smallest absolute Gasteiger partial charge is 0.339 e. The van der Waals surface area contributed by atoms with E-state index in [1.165, 1.54) is 12.1 Å². The van der Waals surface area contributed by atoms with E-state index < -0.39 is 20.2 Å². The van der Waals surface area contributed by atoms with Crippen molar-refractivity contribution in [2.45, 2.75) is 104 Å². The van der Waals surface area contributed by atoms with Crippen LogP contribution in [0, 0.1) is 0 Å². The molecule has 6 atom stereocenters. The zero-order chi connectivity index (χ0) is 28.1. The zero-order valence-electron chi connectivity index (χ0n) is 22.5. The predicted octanol–water partition coefficient (Wildman–Crippen LogP) is 5.07. The van der Waals surface area contributed by atoms with Gasteiger partial charge in [-0.05, 0) is 103 Å². The summed E-state index contributed by atoms with van der Waals surface area (Å²) in [6, 6.07) is 12.5. The number of ether oxygens (including phenoxy) is 2. The van der Waals surface area contributed by atoms with Crippen LogP contribution in [0.2, 0.25) is 0 Å². The molecular weight excluding hydrogens is 564 g/mol. The molecule has 8 nitrogen and oxygen atoms in total. The third-order valence-corrected chi connectivity index (χ3v) is 12.2. The fourth-order valence-corrected chi connectivity index (χ4v) is 10.6. The fourth-order valence-electron chi connectivity index (χ4n) is 8.32. The van der Waals surface area contributed by atoms with E-state index in [4.69, 9.17) is 13.7 Å². The monoisotopic (exact) mass is 595 g/mol. The van der Waals surface area contributed by atoms with Gasteiger partial charge in [0.2, 0.25) is 0 Å². The van der Waals surface area contributed by atoms with Crippen molar-refractivity contribution >= 4 is 31.0 Å². The first-order chi connectivity index (χ1) is 19.7. The molecule has 4 bridgehead atoms. The molecule has 4 saturated heterocycles. The van der Waals surface area contributed by atoms with Crippen molar-refractivity contribution in [1.82, 2.24) is 0 Å². The Bertz CT molecular complexity index is 1800.